The number of hydrogen-bond acceptors (Lipinski definition) is 1. The molecule has 0 spiro atoms. The second kappa shape index (κ2) is 5.58. The molecule has 3 rings (SSSR count). The van der Waals surface area contributed by atoms with Crippen LogP contribution in [0.4, 0.5) is 35.9 Å². The number of rotatable bonds is 1. The van der Waals surface area contributed by atoms with Crippen LogP contribution in [-0.4, -0.2) is 6.01 Å². The minimum atomic E-state index is -4.58. The number of halogens is 3. The smallest absolute Gasteiger partial charge is 0.238 e. The van der Waals surface area contributed by atoms with Crippen molar-refractivity contribution in [3.63, 3.8) is 0 Å². The number of alkyl halides is 3. The molecule has 0 amide bonds. The average Bonchev–Trinajstić information content (AvgIpc) is 2.96. The molecule has 0 bridgehead atoms. The molecule has 2 aromatic rings. The summed E-state index contributed by atoms with van der Waals surface area (Å²) in [6.45, 7) is 13.3. The molecule has 1 aliphatic rings. The Labute approximate surface area is 143 Å². The van der Waals surface area contributed by atoms with Gasteiger partial charge in [-0.2, -0.15) is 13.2 Å². The molecule has 0 unspecified atom stereocenters. The molecule has 0 N–H and O–H groups in total. The average molecular weight is 342 g/mol. The van der Waals surface area contributed by atoms with Gasteiger partial charge < -0.3 is 0 Å². The minimum Gasteiger partial charge on any atom is -0.238 e. The molecular weight excluding hydrogens is 327 g/mol. The van der Waals surface area contributed by atoms with Crippen molar-refractivity contribution in [2.45, 2.75) is 32.4 Å². The van der Waals surface area contributed by atoms with Crippen LogP contribution in [0.5, 0.6) is 0 Å². The molecule has 3 nitrogen and oxygen atoms in total. The van der Waals surface area contributed by atoms with Crippen molar-refractivity contribution < 1.29 is 13.2 Å². The van der Waals surface area contributed by atoms with E-state index < -0.39 is 11.7 Å². The molecular formula is C19H15F3N3+. The first-order chi connectivity index (χ1) is 11.6. The molecule has 0 aliphatic carbocycles. The Morgan fingerprint density at radius 2 is 1.84 bits per heavy atom. The summed E-state index contributed by atoms with van der Waals surface area (Å²) in [5, 5.41) is 0. The summed E-state index contributed by atoms with van der Waals surface area (Å²) in [6, 6.07) is 12.4. The van der Waals surface area contributed by atoms with Gasteiger partial charge >= 0.3 is 12.2 Å². The molecule has 126 valence electrons. The van der Waals surface area contributed by atoms with Crippen LogP contribution in [0.1, 0.15) is 31.9 Å². The summed E-state index contributed by atoms with van der Waals surface area (Å²) in [5.74, 6) is 0. The lowest BCUT2D eigenvalue weighted by Crippen LogP contribution is -2.12. The van der Waals surface area contributed by atoms with Crippen molar-refractivity contribution in [3.05, 3.63) is 58.9 Å². The molecule has 0 saturated heterocycles. The fourth-order valence-corrected chi connectivity index (χ4v) is 2.64. The van der Waals surface area contributed by atoms with Crippen LogP contribution in [0.2, 0.25) is 0 Å². The molecule has 1 heterocycles. The second-order valence-electron chi connectivity index (χ2n) is 6.82. The van der Waals surface area contributed by atoms with Crippen molar-refractivity contribution in [2.75, 3.05) is 0 Å². The Balaban J connectivity index is 2.18. The van der Waals surface area contributed by atoms with Gasteiger partial charge in [-0.15, -0.1) is 4.58 Å². The third kappa shape index (κ3) is 3.07. The van der Waals surface area contributed by atoms with Gasteiger partial charge in [0.1, 0.15) is 11.3 Å². The van der Waals surface area contributed by atoms with E-state index in [1.54, 1.807) is 6.07 Å². The van der Waals surface area contributed by atoms with Crippen LogP contribution in [0.25, 0.3) is 4.85 Å². The quantitative estimate of drug-likeness (QED) is 0.370. The highest BCUT2D eigenvalue weighted by Gasteiger charge is 2.40. The maximum Gasteiger partial charge on any atom is 0.419 e. The molecule has 6 heteroatoms. The minimum absolute atomic E-state index is 0.0815. The van der Waals surface area contributed by atoms with Gasteiger partial charge in [-0.3, -0.25) is 0 Å². The largest absolute Gasteiger partial charge is 0.419 e. The van der Waals surface area contributed by atoms with Gasteiger partial charge in [-0.1, -0.05) is 32.9 Å². The predicted octanol–water partition coefficient (Wildman–Crippen LogP) is 6.21. The molecule has 0 saturated carbocycles. The van der Waals surface area contributed by atoms with Crippen LogP contribution in [0.15, 0.2) is 41.4 Å². The van der Waals surface area contributed by atoms with Gasteiger partial charge in [0, 0.05) is 4.99 Å². The van der Waals surface area contributed by atoms with E-state index >= 15 is 0 Å². The van der Waals surface area contributed by atoms with Crippen LogP contribution >= 0.6 is 0 Å². The topological polar surface area (TPSA) is 19.7 Å². The van der Waals surface area contributed by atoms with Crippen LogP contribution < -0.4 is 4.58 Å². The molecule has 0 aromatic heterocycles. The Hall–Kier alpha value is -2.90. The maximum absolute atomic E-state index is 13.3. The Kier molecular flexibility index (Phi) is 3.78. The van der Waals surface area contributed by atoms with E-state index in [9.17, 15) is 13.2 Å². The summed E-state index contributed by atoms with van der Waals surface area (Å²) >= 11 is 0. The standard InChI is InChI=1S/C19H15F3N3/c1-18(2,3)12-6-5-7-14(8-12)25-11-24-17-15(19(20,21)22)9-13(23-4)10-16(17)25/h5-10H,1-3H3/q+1. The zero-order chi connectivity index (χ0) is 18.4. The van der Waals surface area contributed by atoms with Gasteiger partial charge in [0.25, 0.3) is 0 Å². The fraction of sp³-hybridized carbons (Fsp3) is 0.263. The van der Waals surface area contributed by atoms with Crippen molar-refractivity contribution in [3.8, 4) is 0 Å². The van der Waals surface area contributed by atoms with E-state index in [2.05, 4.69) is 36.6 Å². The second-order valence-corrected chi connectivity index (χ2v) is 6.82. The molecule has 25 heavy (non-hydrogen) atoms. The van der Waals surface area contributed by atoms with E-state index in [0.29, 0.717) is 5.69 Å². The lowest BCUT2D eigenvalue weighted by atomic mass is 9.87. The van der Waals surface area contributed by atoms with Crippen molar-refractivity contribution in [1.82, 2.24) is 4.58 Å². The lowest BCUT2D eigenvalue weighted by molar-refractivity contribution is -0.136. The summed E-state index contributed by atoms with van der Waals surface area (Å²) in [4.78, 5) is 7.00. The molecule has 0 atom stereocenters. The summed E-state index contributed by atoms with van der Waals surface area (Å²) < 4.78 is 41.4. The Morgan fingerprint density at radius 3 is 2.44 bits per heavy atom. The van der Waals surface area contributed by atoms with Crippen molar-refractivity contribution in [1.29, 1.82) is 0 Å². The maximum atomic E-state index is 13.3. The van der Waals surface area contributed by atoms with Gasteiger partial charge in [-0.25, -0.2) is 4.85 Å². The molecule has 0 fully saturated rings. The normalized spacial score (nSPS) is 13.4. The highest BCUT2D eigenvalue weighted by Crippen LogP contribution is 2.46. The first-order valence-corrected chi connectivity index (χ1v) is 7.61. The Morgan fingerprint density at radius 1 is 1.12 bits per heavy atom. The van der Waals surface area contributed by atoms with Gasteiger partial charge in [-0.05, 0) is 35.2 Å². The van der Waals surface area contributed by atoms with Crippen LogP contribution in [-0.2, 0) is 11.6 Å². The fourth-order valence-electron chi connectivity index (χ4n) is 2.64. The summed E-state index contributed by atoms with van der Waals surface area (Å²) in [7, 11) is 0. The van der Waals surface area contributed by atoms with E-state index in [1.165, 1.54) is 10.6 Å². The Bertz CT molecular complexity index is 967. The highest BCUT2D eigenvalue weighted by atomic mass is 19.4. The molecule has 1 aliphatic heterocycles. The summed E-state index contributed by atoms with van der Waals surface area (Å²) in [6.07, 6.45) is -4.58. The van der Waals surface area contributed by atoms with Gasteiger partial charge in [0.2, 0.25) is 5.69 Å². The summed E-state index contributed by atoms with van der Waals surface area (Å²) in [5.41, 5.74) is 0.598. The van der Waals surface area contributed by atoms with E-state index in [-0.39, 0.29) is 22.5 Å². The SMILES string of the molecule is [C-]#[N+]c1cc2c(c(C(F)(F)F)c1)N=C=[N+]2c1cccc(C(C)(C)C)c1. The number of fused-ring (bicyclic) bond motifs is 1. The van der Waals surface area contributed by atoms with Crippen LogP contribution in [0, 0.1) is 6.57 Å². The van der Waals surface area contributed by atoms with E-state index in [1.807, 2.05) is 18.2 Å². The first kappa shape index (κ1) is 16.9. The third-order valence-corrected chi connectivity index (χ3v) is 3.98. The zero-order valence-corrected chi connectivity index (χ0v) is 13.9. The van der Waals surface area contributed by atoms with Gasteiger partial charge in [0.05, 0.1) is 6.57 Å². The number of nitrogens with zero attached hydrogens (tertiary/aromatic N) is 3. The van der Waals surface area contributed by atoms with Crippen molar-refractivity contribution >= 4 is 28.8 Å². The third-order valence-electron chi connectivity index (χ3n) is 3.98. The number of hydrogen-bond donors (Lipinski definition) is 0. The number of aliphatic imine (C=N–C) groups is 1. The van der Waals surface area contributed by atoms with E-state index in [4.69, 9.17) is 6.57 Å². The van der Waals surface area contributed by atoms with Crippen molar-refractivity contribution in [2.24, 2.45) is 4.99 Å². The molecule has 2 aromatic carbocycles. The predicted molar refractivity (Wildman–Crippen MR) is 91.4 cm³/mol. The highest BCUT2D eigenvalue weighted by molar-refractivity contribution is 5.85. The first-order valence-electron chi connectivity index (χ1n) is 7.61. The number of benzene rings is 2. The monoisotopic (exact) mass is 342 g/mol. The van der Waals surface area contributed by atoms with Crippen LogP contribution in [0.3, 0.4) is 0 Å². The lowest BCUT2D eigenvalue weighted by Gasteiger charge is -2.19. The van der Waals surface area contributed by atoms with Gasteiger partial charge in [0.15, 0.2) is 11.4 Å². The molecule has 0 radical (unpaired) electrons. The zero-order valence-electron chi connectivity index (χ0n) is 13.9. The van der Waals surface area contributed by atoms with E-state index in [0.717, 1.165) is 11.6 Å².